The summed E-state index contributed by atoms with van der Waals surface area (Å²) in [6.45, 7) is 0. The summed E-state index contributed by atoms with van der Waals surface area (Å²) in [5.41, 5.74) is 2.44. The molecule has 0 aliphatic heterocycles. The minimum atomic E-state index is -1.11. The van der Waals surface area contributed by atoms with Gasteiger partial charge in [0.25, 0.3) is 5.22 Å². The Hall–Kier alpha value is -3.30. The van der Waals surface area contributed by atoms with E-state index in [0.29, 0.717) is 16.5 Å². The molecule has 4 rings (SSSR count). The highest BCUT2D eigenvalue weighted by atomic mass is 35.5. The zero-order chi connectivity index (χ0) is 21.8. The maximum atomic E-state index is 12.3. The summed E-state index contributed by atoms with van der Waals surface area (Å²) in [4.78, 5) is 27.1. The number of halogens is 1. The standard InChI is InChI=1S/C21H17ClN4O4S/c22-14-7-5-12(6-8-14)19-25-26-21(30-19)31-11-18(27)24-17(20(28)29)9-13-10-23-16-4-2-1-3-15(13)16/h1-8,10,17,23H,9,11H2,(H,24,27)(H,28,29)/t17-/m1/s1. The van der Waals surface area contributed by atoms with Crippen LogP contribution in [-0.4, -0.2) is 44.0 Å². The van der Waals surface area contributed by atoms with Crippen molar-refractivity contribution < 1.29 is 19.1 Å². The number of carbonyl (C=O) groups is 2. The van der Waals surface area contributed by atoms with E-state index in [1.165, 1.54) is 0 Å². The number of H-pyrrole nitrogens is 1. The van der Waals surface area contributed by atoms with Gasteiger partial charge in [-0.25, -0.2) is 4.79 Å². The number of aromatic amines is 1. The third kappa shape index (κ3) is 5.07. The number of rotatable bonds is 8. The van der Waals surface area contributed by atoms with Crippen molar-refractivity contribution >= 4 is 46.1 Å². The Morgan fingerprint density at radius 3 is 2.71 bits per heavy atom. The van der Waals surface area contributed by atoms with Crippen LogP contribution in [0.25, 0.3) is 22.4 Å². The van der Waals surface area contributed by atoms with Crippen LogP contribution in [0.3, 0.4) is 0 Å². The molecule has 0 bridgehead atoms. The molecular formula is C21H17ClN4O4S. The van der Waals surface area contributed by atoms with E-state index in [1.807, 2.05) is 24.3 Å². The largest absolute Gasteiger partial charge is 0.480 e. The Morgan fingerprint density at radius 1 is 1.16 bits per heavy atom. The molecule has 0 aliphatic carbocycles. The van der Waals surface area contributed by atoms with Crippen molar-refractivity contribution in [3.05, 3.63) is 65.3 Å². The maximum Gasteiger partial charge on any atom is 0.326 e. The van der Waals surface area contributed by atoms with Crippen LogP contribution in [-0.2, 0) is 16.0 Å². The molecule has 0 spiro atoms. The average Bonchev–Trinajstić information content (AvgIpc) is 3.40. The first-order chi connectivity index (χ1) is 15.0. The molecule has 2 aromatic heterocycles. The van der Waals surface area contributed by atoms with Gasteiger partial charge in [0.1, 0.15) is 6.04 Å². The average molecular weight is 457 g/mol. The zero-order valence-corrected chi connectivity index (χ0v) is 17.6. The van der Waals surface area contributed by atoms with Gasteiger partial charge in [0.15, 0.2) is 0 Å². The third-order valence-electron chi connectivity index (χ3n) is 4.56. The predicted octanol–water partition coefficient (Wildman–Crippen LogP) is 3.78. The van der Waals surface area contributed by atoms with Crippen molar-refractivity contribution in [2.45, 2.75) is 17.7 Å². The van der Waals surface area contributed by atoms with Crippen molar-refractivity contribution in [1.82, 2.24) is 20.5 Å². The monoisotopic (exact) mass is 456 g/mol. The summed E-state index contributed by atoms with van der Waals surface area (Å²) in [5, 5.41) is 21.7. The van der Waals surface area contributed by atoms with Crippen LogP contribution in [0, 0.1) is 0 Å². The molecule has 31 heavy (non-hydrogen) atoms. The summed E-state index contributed by atoms with van der Waals surface area (Å²) in [6, 6.07) is 13.5. The van der Waals surface area contributed by atoms with E-state index < -0.39 is 17.9 Å². The van der Waals surface area contributed by atoms with Crippen LogP contribution in [0.1, 0.15) is 5.56 Å². The third-order valence-corrected chi connectivity index (χ3v) is 5.63. The van der Waals surface area contributed by atoms with Gasteiger partial charge in [-0.1, -0.05) is 41.6 Å². The Balaban J connectivity index is 1.35. The fourth-order valence-electron chi connectivity index (χ4n) is 3.06. The van der Waals surface area contributed by atoms with Gasteiger partial charge in [0, 0.05) is 34.1 Å². The summed E-state index contributed by atoms with van der Waals surface area (Å²) < 4.78 is 5.54. The summed E-state index contributed by atoms with van der Waals surface area (Å²) in [5.74, 6) is -1.29. The van der Waals surface area contributed by atoms with Crippen LogP contribution in [0.15, 0.2) is 64.4 Å². The molecule has 158 valence electrons. The fourth-order valence-corrected chi connectivity index (χ4v) is 3.76. The van der Waals surface area contributed by atoms with Crippen molar-refractivity contribution in [2.24, 2.45) is 0 Å². The molecule has 1 atom stereocenters. The molecule has 10 heteroatoms. The minimum Gasteiger partial charge on any atom is -0.480 e. The second-order valence-corrected chi connectivity index (χ2v) is 8.05. The molecule has 3 N–H and O–H groups in total. The summed E-state index contributed by atoms with van der Waals surface area (Å²) in [7, 11) is 0. The number of fused-ring (bicyclic) bond motifs is 1. The van der Waals surface area contributed by atoms with E-state index in [-0.39, 0.29) is 17.4 Å². The number of nitrogens with zero attached hydrogens (tertiary/aromatic N) is 2. The van der Waals surface area contributed by atoms with Crippen molar-refractivity contribution in [3.63, 3.8) is 0 Å². The number of carboxylic acids is 1. The van der Waals surface area contributed by atoms with E-state index in [1.54, 1.807) is 30.5 Å². The molecule has 0 unspecified atom stereocenters. The van der Waals surface area contributed by atoms with E-state index in [0.717, 1.165) is 28.2 Å². The van der Waals surface area contributed by atoms with E-state index in [9.17, 15) is 14.7 Å². The highest BCUT2D eigenvalue weighted by Gasteiger charge is 2.22. The summed E-state index contributed by atoms with van der Waals surface area (Å²) in [6.07, 6.45) is 1.93. The van der Waals surface area contributed by atoms with E-state index >= 15 is 0 Å². The molecular weight excluding hydrogens is 440 g/mol. The van der Waals surface area contributed by atoms with Crippen LogP contribution < -0.4 is 5.32 Å². The van der Waals surface area contributed by atoms with E-state index in [4.69, 9.17) is 16.0 Å². The SMILES string of the molecule is O=C(CSc1nnc(-c2ccc(Cl)cc2)o1)N[C@H](Cc1c[nH]c2ccccc12)C(=O)O. The van der Waals surface area contributed by atoms with Gasteiger partial charge in [-0.15, -0.1) is 10.2 Å². The van der Waals surface area contributed by atoms with Crippen molar-refractivity contribution in [3.8, 4) is 11.5 Å². The first-order valence-electron chi connectivity index (χ1n) is 9.29. The topological polar surface area (TPSA) is 121 Å². The first-order valence-corrected chi connectivity index (χ1v) is 10.7. The number of hydrogen-bond donors (Lipinski definition) is 3. The van der Waals surface area contributed by atoms with Gasteiger partial charge in [-0.3, -0.25) is 4.79 Å². The van der Waals surface area contributed by atoms with Crippen molar-refractivity contribution in [2.75, 3.05) is 5.75 Å². The van der Waals surface area contributed by atoms with Crippen LogP contribution in [0.2, 0.25) is 5.02 Å². The molecule has 2 aromatic carbocycles. The fraction of sp³-hybridized carbons (Fsp3) is 0.143. The van der Waals surface area contributed by atoms with E-state index in [2.05, 4.69) is 20.5 Å². The Kier molecular flexibility index (Phi) is 6.24. The minimum absolute atomic E-state index is 0.0556. The lowest BCUT2D eigenvalue weighted by molar-refractivity contribution is -0.141. The van der Waals surface area contributed by atoms with Gasteiger partial charge >= 0.3 is 5.97 Å². The molecule has 0 aliphatic rings. The smallest absolute Gasteiger partial charge is 0.326 e. The molecule has 0 saturated heterocycles. The number of amides is 1. The number of thioether (sulfide) groups is 1. The Bertz CT molecular complexity index is 1220. The lowest BCUT2D eigenvalue weighted by Gasteiger charge is -2.13. The normalized spacial score (nSPS) is 12.0. The Morgan fingerprint density at radius 2 is 1.94 bits per heavy atom. The van der Waals surface area contributed by atoms with Gasteiger partial charge in [-0.05, 0) is 35.9 Å². The number of hydrogen-bond acceptors (Lipinski definition) is 6. The number of aromatic nitrogens is 3. The van der Waals surface area contributed by atoms with Gasteiger partial charge in [0.05, 0.1) is 5.75 Å². The number of benzene rings is 2. The number of aliphatic carboxylic acids is 1. The van der Waals surface area contributed by atoms with Crippen molar-refractivity contribution in [1.29, 1.82) is 0 Å². The number of nitrogens with one attached hydrogen (secondary N) is 2. The lowest BCUT2D eigenvalue weighted by atomic mass is 10.1. The summed E-state index contributed by atoms with van der Waals surface area (Å²) >= 11 is 6.90. The first kappa shape index (κ1) is 21.0. The molecule has 1 amide bonds. The molecule has 0 radical (unpaired) electrons. The van der Waals surface area contributed by atoms with Gasteiger partial charge in [-0.2, -0.15) is 0 Å². The van der Waals surface area contributed by atoms with Gasteiger partial charge < -0.3 is 19.8 Å². The highest BCUT2D eigenvalue weighted by Crippen LogP contribution is 2.24. The second kappa shape index (κ2) is 9.23. The zero-order valence-electron chi connectivity index (χ0n) is 16.0. The molecule has 2 heterocycles. The number of carbonyl (C=O) groups excluding carboxylic acids is 1. The number of para-hydroxylation sites is 1. The number of carboxylic acid groups (broad SMARTS) is 1. The quantitative estimate of drug-likeness (QED) is 0.345. The maximum absolute atomic E-state index is 12.3. The molecule has 0 saturated carbocycles. The molecule has 0 fully saturated rings. The van der Waals surface area contributed by atoms with Crippen LogP contribution in [0.4, 0.5) is 0 Å². The lowest BCUT2D eigenvalue weighted by Crippen LogP contribution is -2.43. The predicted molar refractivity (Wildman–Crippen MR) is 117 cm³/mol. The molecule has 4 aromatic rings. The Labute approximate surface area is 186 Å². The second-order valence-electron chi connectivity index (χ2n) is 6.69. The van der Waals surface area contributed by atoms with Crippen LogP contribution >= 0.6 is 23.4 Å². The highest BCUT2D eigenvalue weighted by molar-refractivity contribution is 7.99. The molecule has 8 nitrogen and oxygen atoms in total. The van der Waals surface area contributed by atoms with Crippen LogP contribution in [0.5, 0.6) is 0 Å². The van der Waals surface area contributed by atoms with Gasteiger partial charge in [0.2, 0.25) is 11.8 Å².